The van der Waals surface area contributed by atoms with Crippen molar-refractivity contribution in [2.45, 2.75) is 12.8 Å². The quantitative estimate of drug-likeness (QED) is 0.359. The van der Waals surface area contributed by atoms with Crippen LogP contribution >= 0.6 is 0 Å². The average molecular weight is 535 g/mol. The van der Waals surface area contributed by atoms with E-state index in [2.05, 4.69) is 6.07 Å². The number of anilines is 1. The summed E-state index contributed by atoms with van der Waals surface area (Å²) < 4.78 is 34.6. The Morgan fingerprint density at radius 3 is 2.26 bits per heavy atom. The van der Waals surface area contributed by atoms with E-state index in [9.17, 15) is 13.6 Å². The molecule has 0 saturated heterocycles. The molecule has 0 atom stereocenters. The van der Waals surface area contributed by atoms with E-state index in [0.29, 0.717) is 17.9 Å². The molecule has 3 aromatic carbocycles. The Morgan fingerprint density at radius 2 is 1.60 bits per heavy atom. The summed E-state index contributed by atoms with van der Waals surface area (Å²) in [6.45, 7) is 0.530. The SMILES string of the molecule is COc1ccc([Se]c2cc3c(nc2-c2ccc(F)cc2)N(C(=O)c2ccc(F)cc2)CCC3)cc1. The van der Waals surface area contributed by atoms with Crippen LogP contribution in [0.4, 0.5) is 14.6 Å². The van der Waals surface area contributed by atoms with Gasteiger partial charge in [-0.05, 0) is 0 Å². The Hall–Kier alpha value is -3.54. The third-order valence-corrected chi connectivity index (χ3v) is 8.05. The Labute approximate surface area is 208 Å². The van der Waals surface area contributed by atoms with Crippen molar-refractivity contribution in [2.75, 3.05) is 18.6 Å². The van der Waals surface area contributed by atoms with Crippen molar-refractivity contribution in [2.24, 2.45) is 0 Å². The number of methoxy groups -OCH3 is 1. The van der Waals surface area contributed by atoms with Gasteiger partial charge in [0.05, 0.1) is 0 Å². The summed E-state index contributed by atoms with van der Waals surface area (Å²) in [7, 11) is 1.64. The van der Waals surface area contributed by atoms with Gasteiger partial charge in [0.2, 0.25) is 0 Å². The van der Waals surface area contributed by atoms with E-state index < -0.39 is 0 Å². The maximum absolute atomic E-state index is 13.7. The van der Waals surface area contributed by atoms with Crippen molar-refractivity contribution in [3.8, 4) is 17.0 Å². The van der Waals surface area contributed by atoms with Gasteiger partial charge >= 0.3 is 209 Å². The van der Waals surface area contributed by atoms with Gasteiger partial charge in [-0.3, -0.25) is 0 Å². The second kappa shape index (κ2) is 9.98. The molecular weight excluding hydrogens is 513 g/mol. The molecule has 7 heteroatoms. The van der Waals surface area contributed by atoms with Gasteiger partial charge in [-0.25, -0.2) is 0 Å². The van der Waals surface area contributed by atoms with Crippen molar-refractivity contribution in [3.05, 3.63) is 102 Å². The number of aryl methyl sites for hydroxylation is 1. The molecule has 4 aromatic rings. The molecule has 0 radical (unpaired) electrons. The van der Waals surface area contributed by atoms with Crippen molar-refractivity contribution in [1.29, 1.82) is 0 Å². The van der Waals surface area contributed by atoms with Crippen LogP contribution in [0.2, 0.25) is 0 Å². The van der Waals surface area contributed by atoms with E-state index in [1.807, 2.05) is 24.3 Å². The van der Waals surface area contributed by atoms with Gasteiger partial charge in [0.15, 0.2) is 0 Å². The van der Waals surface area contributed by atoms with Crippen molar-refractivity contribution < 1.29 is 18.3 Å². The molecule has 1 aromatic heterocycles. The summed E-state index contributed by atoms with van der Waals surface area (Å²) in [5, 5.41) is 0. The monoisotopic (exact) mass is 536 g/mol. The molecule has 0 spiro atoms. The number of hydrogen-bond acceptors (Lipinski definition) is 3. The van der Waals surface area contributed by atoms with Crippen molar-refractivity contribution >= 4 is 35.6 Å². The summed E-state index contributed by atoms with van der Waals surface area (Å²) in [6.07, 6.45) is 1.62. The fourth-order valence-corrected chi connectivity index (χ4v) is 6.16. The number of carbonyl (C=O) groups is 1. The first-order chi connectivity index (χ1) is 17.0. The second-order valence-electron chi connectivity index (χ2n) is 8.17. The maximum atomic E-state index is 13.7. The number of rotatable bonds is 5. The predicted molar refractivity (Wildman–Crippen MR) is 134 cm³/mol. The average Bonchev–Trinajstić information content (AvgIpc) is 2.89. The first kappa shape index (κ1) is 23.2. The van der Waals surface area contributed by atoms with E-state index in [-0.39, 0.29) is 32.5 Å². The first-order valence-electron chi connectivity index (χ1n) is 11.2. The Balaban J connectivity index is 1.58. The Bertz CT molecular complexity index is 1360. The minimum absolute atomic E-state index is 0.0682. The summed E-state index contributed by atoms with van der Waals surface area (Å²) in [6, 6.07) is 21.9. The normalized spacial score (nSPS) is 12.8. The van der Waals surface area contributed by atoms with Gasteiger partial charge in [0.1, 0.15) is 0 Å². The molecule has 5 rings (SSSR count). The van der Waals surface area contributed by atoms with Gasteiger partial charge in [-0.2, -0.15) is 0 Å². The van der Waals surface area contributed by atoms with Crippen LogP contribution in [0.25, 0.3) is 11.3 Å². The number of amides is 1. The fraction of sp³-hybridized carbons (Fsp3) is 0.143. The summed E-state index contributed by atoms with van der Waals surface area (Å²) in [4.78, 5) is 20.0. The van der Waals surface area contributed by atoms with E-state index in [0.717, 1.165) is 44.3 Å². The molecule has 35 heavy (non-hydrogen) atoms. The number of pyridine rings is 1. The standard InChI is InChI=1S/C28H22F2N2O2Se/c1-34-23-12-14-24(15-13-23)35-25-17-20-3-2-16-32(28(33)19-6-10-22(30)11-7-19)27(20)31-26(25)18-4-8-21(29)9-5-18/h4-15,17H,2-3,16H2,1H3. The van der Waals surface area contributed by atoms with Crippen molar-refractivity contribution in [3.63, 3.8) is 0 Å². The van der Waals surface area contributed by atoms with Crippen LogP contribution in [0.3, 0.4) is 0 Å². The van der Waals surface area contributed by atoms with Crippen LogP contribution in [0, 0.1) is 11.6 Å². The number of fused-ring (bicyclic) bond motifs is 1. The van der Waals surface area contributed by atoms with E-state index >= 15 is 0 Å². The van der Waals surface area contributed by atoms with Gasteiger partial charge in [-0.1, -0.05) is 0 Å². The topological polar surface area (TPSA) is 42.4 Å². The number of aromatic nitrogens is 1. The molecule has 1 aliphatic heterocycles. The van der Waals surface area contributed by atoms with Crippen LogP contribution in [0.1, 0.15) is 22.3 Å². The summed E-state index contributed by atoms with van der Waals surface area (Å²) in [5.41, 5.74) is 2.94. The Kier molecular flexibility index (Phi) is 6.62. The molecule has 1 amide bonds. The van der Waals surface area contributed by atoms with Gasteiger partial charge in [0.25, 0.3) is 0 Å². The molecule has 0 saturated carbocycles. The first-order valence-corrected chi connectivity index (χ1v) is 12.9. The zero-order chi connectivity index (χ0) is 24.4. The molecular formula is C28H22F2N2O2Se. The van der Waals surface area contributed by atoms with E-state index in [1.54, 1.807) is 24.1 Å². The molecule has 0 unspecified atom stereocenters. The number of hydrogen-bond donors (Lipinski definition) is 0. The zero-order valence-corrected chi connectivity index (χ0v) is 20.7. The molecule has 0 fully saturated rings. The molecule has 1 aliphatic rings. The van der Waals surface area contributed by atoms with Crippen LogP contribution in [-0.2, 0) is 6.42 Å². The third-order valence-electron chi connectivity index (χ3n) is 5.87. The number of ether oxygens (including phenoxy) is 1. The molecule has 0 bridgehead atoms. The molecule has 4 nitrogen and oxygen atoms in total. The van der Waals surface area contributed by atoms with Crippen molar-refractivity contribution in [1.82, 2.24) is 4.98 Å². The number of halogens is 2. The Morgan fingerprint density at radius 1 is 0.943 bits per heavy atom. The third kappa shape index (κ3) is 4.97. The molecule has 0 N–H and O–H groups in total. The summed E-state index contributed by atoms with van der Waals surface area (Å²) >= 11 is -0.0682. The molecule has 176 valence electrons. The minimum atomic E-state index is -0.386. The van der Waals surface area contributed by atoms with Crippen LogP contribution < -0.4 is 18.6 Å². The zero-order valence-electron chi connectivity index (χ0n) is 19.0. The van der Waals surface area contributed by atoms with Crippen LogP contribution in [-0.4, -0.2) is 39.5 Å². The number of benzene rings is 3. The van der Waals surface area contributed by atoms with Gasteiger partial charge < -0.3 is 0 Å². The summed E-state index contributed by atoms with van der Waals surface area (Å²) in [5.74, 6) is 0.489. The molecule has 0 aliphatic carbocycles. The van der Waals surface area contributed by atoms with E-state index in [4.69, 9.17) is 9.72 Å². The van der Waals surface area contributed by atoms with Gasteiger partial charge in [0, 0.05) is 0 Å². The number of carbonyl (C=O) groups excluding carboxylic acids is 1. The molecule has 2 heterocycles. The second-order valence-corrected chi connectivity index (χ2v) is 10.5. The van der Waals surface area contributed by atoms with Gasteiger partial charge in [-0.15, -0.1) is 0 Å². The van der Waals surface area contributed by atoms with Crippen LogP contribution in [0.15, 0.2) is 78.9 Å². The van der Waals surface area contributed by atoms with Crippen LogP contribution in [0.5, 0.6) is 5.75 Å². The fourth-order valence-electron chi connectivity index (χ4n) is 4.08. The van der Waals surface area contributed by atoms with E-state index in [1.165, 1.54) is 36.4 Å². The predicted octanol–water partition coefficient (Wildman–Crippen LogP) is 4.28. The number of nitrogens with zero attached hydrogens (tertiary/aromatic N) is 2.